The van der Waals surface area contributed by atoms with Crippen LogP contribution >= 0.6 is 0 Å². The standard InChI is InChI=1S/C13H23F2N3O3/c1-13(2,11(14)15)12(20)18-4-5-21-9(7-18)6-17(3)8-10(16)19/h9,11H,4-8H2,1-3H3,(H2,16,19). The van der Waals surface area contributed by atoms with Gasteiger partial charge in [-0.15, -0.1) is 0 Å². The molecule has 0 bridgehead atoms. The maximum Gasteiger partial charge on any atom is 0.252 e. The molecule has 1 heterocycles. The number of likely N-dealkylation sites (N-methyl/N-ethyl adjacent to an activating group) is 1. The number of hydrogen-bond donors (Lipinski definition) is 1. The number of carbonyl (C=O) groups excluding carboxylic acids is 2. The minimum Gasteiger partial charge on any atom is -0.373 e. The molecule has 0 aromatic heterocycles. The van der Waals surface area contributed by atoms with E-state index in [-0.39, 0.29) is 19.2 Å². The number of morpholine rings is 1. The van der Waals surface area contributed by atoms with Crippen LogP contribution in [0.15, 0.2) is 0 Å². The van der Waals surface area contributed by atoms with Crippen LogP contribution < -0.4 is 5.73 Å². The molecular weight excluding hydrogens is 284 g/mol. The Labute approximate surface area is 123 Å². The van der Waals surface area contributed by atoms with Gasteiger partial charge in [0, 0.05) is 19.6 Å². The molecule has 2 amide bonds. The summed E-state index contributed by atoms with van der Waals surface area (Å²) in [6.07, 6.45) is -3.04. The van der Waals surface area contributed by atoms with Crippen molar-refractivity contribution in [3.8, 4) is 0 Å². The molecule has 1 unspecified atom stereocenters. The average molecular weight is 307 g/mol. The summed E-state index contributed by atoms with van der Waals surface area (Å²) in [6.45, 7) is 3.79. The van der Waals surface area contributed by atoms with Crippen LogP contribution in [-0.2, 0) is 14.3 Å². The van der Waals surface area contributed by atoms with Crippen molar-refractivity contribution in [1.29, 1.82) is 0 Å². The first-order valence-electron chi connectivity index (χ1n) is 6.80. The lowest BCUT2D eigenvalue weighted by Gasteiger charge is -2.38. The van der Waals surface area contributed by atoms with E-state index in [1.54, 1.807) is 11.9 Å². The molecule has 2 N–H and O–H groups in total. The monoisotopic (exact) mass is 307 g/mol. The summed E-state index contributed by atoms with van der Waals surface area (Å²) in [6, 6.07) is 0. The zero-order valence-electron chi connectivity index (χ0n) is 12.6. The molecule has 6 nitrogen and oxygen atoms in total. The molecule has 1 aliphatic heterocycles. The van der Waals surface area contributed by atoms with Gasteiger partial charge in [0.25, 0.3) is 6.43 Å². The second-order valence-corrected chi connectivity index (χ2v) is 5.93. The van der Waals surface area contributed by atoms with Gasteiger partial charge in [-0.3, -0.25) is 14.5 Å². The Bertz CT molecular complexity index is 391. The third-order valence-electron chi connectivity index (χ3n) is 3.46. The summed E-state index contributed by atoms with van der Waals surface area (Å²) in [5.41, 5.74) is 3.39. The summed E-state index contributed by atoms with van der Waals surface area (Å²) in [5.74, 6) is -1.04. The Hall–Kier alpha value is -1.28. The highest BCUT2D eigenvalue weighted by atomic mass is 19.3. The van der Waals surface area contributed by atoms with E-state index >= 15 is 0 Å². The molecule has 122 valence electrons. The summed E-state index contributed by atoms with van der Waals surface area (Å²) in [7, 11) is 1.71. The topological polar surface area (TPSA) is 75.9 Å². The smallest absolute Gasteiger partial charge is 0.252 e. The summed E-state index contributed by atoms with van der Waals surface area (Å²) >= 11 is 0. The van der Waals surface area contributed by atoms with Crippen LogP contribution in [0.4, 0.5) is 8.78 Å². The molecule has 0 saturated carbocycles. The maximum atomic E-state index is 12.9. The first-order valence-corrected chi connectivity index (χ1v) is 6.80. The number of halogens is 2. The van der Waals surface area contributed by atoms with Gasteiger partial charge in [0.2, 0.25) is 11.8 Å². The van der Waals surface area contributed by atoms with Crippen molar-refractivity contribution < 1.29 is 23.1 Å². The molecule has 0 aromatic rings. The van der Waals surface area contributed by atoms with Gasteiger partial charge in [0.1, 0.15) is 5.41 Å². The van der Waals surface area contributed by atoms with Crippen molar-refractivity contribution in [1.82, 2.24) is 9.80 Å². The zero-order valence-corrected chi connectivity index (χ0v) is 12.6. The van der Waals surface area contributed by atoms with Gasteiger partial charge in [-0.2, -0.15) is 0 Å². The third kappa shape index (κ3) is 4.89. The van der Waals surface area contributed by atoms with E-state index in [9.17, 15) is 18.4 Å². The largest absolute Gasteiger partial charge is 0.373 e. The number of nitrogens with two attached hydrogens (primary N) is 1. The second kappa shape index (κ2) is 7.13. The molecule has 1 saturated heterocycles. The summed E-state index contributed by atoms with van der Waals surface area (Å²) in [5, 5.41) is 0. The molecule has 1 aliphatic rings. The van der Waals surface area contributed by atoms with Crippen molar-refractivity contribution in [2.45, 2.75) is 26.4 Å². The lowest BCUT2D eigenvalue weighted by atomic mass is 9.92. The van der Waals surface area contributed by atoms with E-state index in [0.717, 1.165) is 0 Å². The van der Waals surface area contributed by atoms with Crippen LogP contribution in [0.25, 0.3) is 0 Å². The number of primary amides is 1. The Morgan fingerprint density at radius 2 is 2.10 bits per heavy atom. The van der Waals surface area contributed by atoms with Crippen LogP contribution in [-0.4, -0.2) is 74.0 Å². The predicted molar refractivity (Wildman–Crippen MR) is 72.8 cm³/mol. The van der Waals surface area contributed by atoms with Gasteiger partial charge < -0.3 is 15.4 Å². The van der Waals surface area contributed by atoms with E-state index in [0.29, 0.717) is 19.7 Å². The van der Waals surface area contributed by atoms with Gasteiger partial charge in [-0.25, -0.2) is 8.78 Å². The second-order valence-electron chi connectivity index (χ2n) is 5.93. The predicted octanol–water partition coefficient (Wildman–Crippen LogP) is -0.0778. The number of alkyl halides is 2. The fraction of sp³-hybridized carbons (Fsp3) is 0.846. The Morgan fingerprint density at radius 1 is 1.48 bits per heavy atom. The molecule has 1 fully saturated rings. The van der Waals surface area contributed by atoms with Crippen LogP contribution in [0.3, 0.4) is 0 Å². The molecule has 0 aromatic carbocycles. The first kappa shape index (κ1) is 17.8. The first-order chi connectivity index (χ1) is 9.64. The van der Waals surface area contributed by atoms with E-state index in [2.05, 4.69) is 0 Å². The molecule has 0 aliphatic carbocycles. The fourth-order valence-electron chi connectivity index (χ4n) is 2.19. The van der Waals surface area contributed by atoms with E-state index < -0.39 is 23.7 Å². The zero-order chi connectivity index (χ0) is 16.2. The van der Waals surface area contributed by atoms with Gasteiger partial charge in [0.05, 0.1) is 19.3 Å². The quantitative estimate of drug-likeness (QED) is 0.745. The molecular formula is C13H23F2N3O3. The number of nitrogens with zero attached hydrogens (tertiary/aromatic N) is 2. The molecule has 1 atom stereocenters. The average Bonchev–Trinajstić information content (AvgIpc) is 2.36. The SMILES string of the molecule is CN(CC(N)=O)CC1CN(C(=O)C(C)(C)C(F)F)CCO1. The van der Waals surface area contributed by atoms with Crippen LogP contribution in [0, 0.1) is 5.41 Å². The lowest BCUT2D eigenvalue weighted by Crippen LogP contribution is -2.54. The highest BCUT2D eigenvalue weighted by Crippen LogP contribution is 2.28. The highest BCUT2D eigenvalue weighted by Gasteiger charge is 2.41. The van der Waals surface area contributed by atoms with Crippen molar-refractivity contribution in [3.05, 3.63) is 0 Å². The number of amides is 2. The Balaban J connectivity index is 2.60. The number of carbonyl (C=O) groups is 2. The van der Waals surface area contributed by atoms with Crippen molar-refractivity contribution in [2.24, 2.45) is 11.1 Å². The number of rotatable bonds is 6. The lowest BCUT2D eigenvalue weighted by molar-refractivity contribution is -0.156. The number of hydrogen-bond acceptors (Lipinski definition) is 4. The van der Waals surface area contributed by atoms with Gasteiger partial charge >= 0.3 is 0 Å². The van der Waals surface area contributed by atoms with Crippen LogP contribution in [0.1, 0.15) is 13.8 Å². The normalized spacial score (nSPS) is 20.1. The van der Waals surface area contributed by atoms with Crippen LogP contribution in [0.5, 0.6) is 0 Å². The van der Waals surface area contributed by atoms with Crippen molar-refractivity contribution in [3.63, 3.8) is 0 Å². The molecule has 0 radical (unpaired) electrons. The van der Waals surface area contributed by atoms with E-state index in [1.807, 2.05) is 0 Å². The van der Waals surface area contributed by atoms with Gasteiger partial charge in [-0.1, -0.05) is 0 Å². The molecule has 1 rings (SSSR count). The summed E-state index contributed by atoms with van der Waals surface area (Å²) < 4.78 is 31.4. The molecule has 0 spiro atoms. The van der Waals surface area contributed by atoms with E-state index in [1.165, 1.54) is 18.7 Å². The maximum absolute atomic E-state index is 12.9. The Kier molecular flexibility index (Phi) is 6.03. The minimum absolute atomic E-state index is 0.0797. The summed E-state index contributed by atoms with van der Waals surface area (Å²) in [4.78, 5) is 26.1. The van der Waals surface area contributed by atoms with Crippen molar-refractivity contribution >= 4 is 11.8 Å². The van der Waals surface area contributed by atoms with Gasteiger partial charge in [-0.05, 0) is 20.9 Å². The third-order valence-corrected chi connectivity index (χ3v) is 3.46. The molecule has 21 heavy (non-hydrogen) atoms. The van der Waals surface area contributed by atoms with Crippen LogP contribution in [0.2, 0.25) is 0 Å². The fourth-order valence-corrected chi connectivity index (χ4v) is 2.19. The highest BCUT2D eigenvalue weighted by molar-refractivity contribution is 5.82. The Morgan fingerprint density at radius 3 is 2.62 bits per heavy atom. The van der Waals surface area contributed by atoms with Crippen molar-refractivity contribution in [2.75, 3.05) is 39.8 Å². The van der Waals surface area contributed by atoms with E-state index in [4.69, 9.17) is 10.5 Å². The minimum atomic E-state index is -2.72. The molecule has 8 heteroatoms. The van der Waals surface area contributed by atoms with Gasteiger partial charge in [0.15, 0.2) is 0 Å². The number of ether oxygens (including phenoxy) is 1.